The van der Waals surface area contributed by atoms with E-state index in [0.717, 1.165) is 42.9 Å². The molecule has 2 aliphatic heterocycles. The number of rotatable bonds is 6. The van der Waals surface area contributed by atoms with Crippen molar-refractivity contribution in [2.75, 3.05) is 46.3 Å². The Morgan fingerprint density at radius 1 is 1.06 bits per heavy atom. The Hall–Kier alpha value is -3.43. The molecule has 172 valence electrons. The van der Waals surface area contributed by atoms with Gasteiger partial charge in [-0.2, -0.15) is 5.10 Å². The van der Waals surface area contributed by atoms with Crippen LogP contribution in [0.2, 0.25) is 0 Å². The van der Waals surface area contributed by atoms with E-state index in [-0.39, 0.29) is 24.4 Å². The molecule has 33 heavy (non-hydrogen) atoms. The lowest BCUT2D eigenvalue weighted by Gasteiger charge is -2.34. The van der Waals surface area contributed by atoms with Gasteiger partial charge in [-0.05, 0) is 24.3 Å². The highest BCUT2D eigenvalue weighted by atomic mass is 16.3. The molecule has 1 fully saturated rings. The Kier molecular flexibility index (Phi) is 5.97. The van der Waals surface area contributed by atoms with E-state index in [1.165, 1.54) is 5.01 Å². The Labute approximate surface area is 191 Å². The molecule has 1 unspecified atom stereocenters. The number of carbonyl (C=O) groups excluding carboxylic acids is 2. The van der Waals surface area contributed by atoms with E-state index in [2.05, 4.69) is 20.2 Å². The van der Waals surface area contributed by atoms with Crippen LogP contribution in [0.25, 0.3) is 11.0 Å². The average Bonchev–Trinajstić information content (AvgIpc) is 3.58. The third-order valence-electron chi connectivity index (χ3n) is 6.22. The van der Waals surface area contributed by atoms with E-state index >= 15 is 0 Å². The molecule has 0 aliphatic carbocycles. The second kappa shape index (κ2) is 9.21. The SMILES string of the molecule is CNC(=O)CN1CCN(CC(=O)N2N=C(c3cc4ccccc4o3)CC2c2ccco2)CC1. The van der Waals surface area contributed by atoms with E-state index in [9.17, 15) is 9.59 Å². The van der Waals surface area contributed by atoms with Gasteiger partial charge in [-0.15, -0.1) is 0 Å². The molecule has 0 radical (unpaired) electrons. The lowest BCUT2D eigenvalue weighted by atomic mass is 10.1. The first kappa shape index (κ1) is 21.4. The highest BCUT2D eigenvalue weighted by Gasteiger charge is 2.36. The molecule has 0 bridgehead atoms. The van der Waals surface area contributed by atoms with Crippen LogP contribution in [0.4, 0.5) is 0 Å². The summed E-state index contributed by atoms with van der Waals surface area (Å²) < 4.78 is 11.6. The number of carbonyl (C=O) groups is 2. The molecular weight excluding hydrogens is 422 g/mol. The van der Waals surface area contributed by atoms with E-state index in [1.807, 2.05) is 42.5 Å². The molecule has 1 aromatic carbocycles. The lowest BCUT2D eigenvalue weighted by Crippen LogP contribution is -2.51. The minimum atomic E-state index is -0.301. The Morgan fingerprint density at radius 3 is 2.52 bits per heavy atom. The molecular formula is C24H27N5O4. The van der Waals surface area contributed by atoms with Crippen molar-refractivity contribution in [2.45, 2.75) is 12.5 Å². The quantitative estimate of drug-likeness (QED) is 0.619. The van der Waals surface area contributed by atoms with Crippen molar-refractivity contribution in [1.29, 1.82) is 0 Å². The lowest BCUT2D eigenvalue weighted by molar-refractivity contribution is -0.135. The van der Waals surface area contributed by atoms with Gasteiger partial charge in [-0.3, -0.25) is 19.4 Å². The molecule has 3 aromatic rings. The largest absolute Gasteiger partial charge is 0.467 e. The van der Waals surface area contributed by atoms with E-state index in [4.69, 9.17) is 8.83 Å². The van der Waals surface area contributed by atoms with Crippen molar-refractivity contribution < 1.29 is 18.4 Å². The molecule has 2 amide bonds. The Bertz CT molecular complexity index is 1130. The summed E-state index contributed by atoms with van der Waals surface area (Å²) in [7, 11) is 1.64. The molecule has 0 spiro atoms. The minimum Gasteiger partial charge on any atom is -0.467 e. The van der Waals surface area contributed by atoms with Gasteiger partial charge >= 0.3 is 0 Å². The highest BCUT2D eigenvalue weighted by Crippen LogP contribution is 2.34. The first-order valence-electron chi connectivity index (χ1n) is 11.2. The van der Waals surface area contributed by atoms with Crippen molar-refractivity contribution in [3.05, 3.63) is 60.2 Å². The van der Waals surface area contributed by atoms with Gasteiger partial charge in [0.25, 0.3) is 5.91 Å². The molecule has 9 nitrogen and oxygen atoms in total. The zero-order valence-electron chi connectivity index (χ0n) is 18.6. The third kappa shape index (κ3) is 4.55. The van der Waals surface area contributed by atoms with Crippen LogP contribution in [0.1, 0.15) is 24.0 Å². The number of nitrogens with zero attached hydrogens (tertiary/aromatic N) is 4. The third-order valence-corrected chi connectivity index (χ3v) is 6.22. The molecule has 9 heteroatoms. The Morgan fingerprint density at radius 2 is 1.82 bits per heavy atom. The predicted octanol–water partition coefficient (Wildman–Crippen LogP) is 2.07. The maximum Gasteiger partial charge on any atom is 0.257 e. The van der Waals surface area contributed by atoms with Gasteiger partial charge in [-0.25, -0.2) is 5.01 Å². The maximum absolute atomic E-state index is 13.3. The van der Waals surface area contributed by atoms with Crippen molar-refractivity contribution >= 4 is 28.5 Å². The number of benzene rings is 1. The molecule has 1 atom stereocenters. The van der Waals surface area contributed by atoms with Crippen molar-refractivity contribution in [2.24, 2.45) is 5.10 Å². The van der Waals surface area contributed by atoms with Crippen LogP contribution in [-0.4, -0.2) is 78.7 Å². The summed E-state index contributed by atoms with van der Waals surface area (Å²) in [6.07, 6.45) is 2.14. The van der Waals surface area contributed by atoms with Gasteiger partial charge in [0.15, 0.2) is 5.76 Å². The number of likely N-dealkylation sites (N-methyl/N-ethyl adjacent to an activating group) is 1. The van der Waals surface area contributed by atoms with Crippen LogP contribution in [-0.2, 0) is 9.59 Å². The summed E-state index contributed by atoms with van der Waals surface area (Å²) in [5.41, 5.74) is 1.53. The average molecular weight is 450 g/mol. The highest BCUT2D eigenvalue weighted by molar-refractivity contribution is 6.03. The number of fused-ring (bicyclic) bond motifs is 1. The fourth-order valence-corrected chi connectivity index (χ4v) is 4.37. The van der Waals surface area contributed by atoms with Crippen LogP contribution in [0, 0.1) is 0 Å². The zero-order valence-corrected chi connectivity index (χ0v) is 18.6. The Balaban J connectivity index is 1.30. The van der Waals surface area contributed by atoms with Crippen LogP contribution in [0.5, 0.6) is 0 Å². The molecule has 1 N–H and O–H groups in total. The topological polar surface area (TPSA) is 94.5 Å². The number of amides is 2. The van der Waals surface area contributed by atoms with Crippen LogP contribution < -0.4 is 5.32 Å². The van der Waals surface area contributed by atoms with E-state index in [1.54, 1.807) is 13.3 Å². The summed E-state index contributed by atoms with van der Waals surface area (Å²) in [5.74, 6) is 1.30. The number of hydrogen-bond donors (Lipinski definition) is 1. The smallest absolute Gasteiger partial charge is 0.257 e. The molecule has 0 saturated carbocycles. The molecule has 2 aromatic heterocycles. The van der Waals surface area contributed by atoms with Gasteiger partial charge in [0.2, 0.25) is 5.91 Å². The zero-order chi connectivity index (χ0) is 22.8. The minimum absolute atomic E-state index is 0.00494. The number of para-hydroxylation sites is 1. The monoisotopic (exact) mass is 449 g/mol. The fraction of sp³-hybridized carbons (Fsp3) is 0.375. The predicted molar refractivity (Wildman–Crippen MR) is 123 cm³/mol. The van der Waals surface area contributed by atoms with Crippen molar-refractivity contribution in [3.63, 3.8) is 0 Å². The summed E-state index contributed by atoms with van der Waals surface area (Å²) in [6.45, 7) is 3.59. The summed E-state index contributed by atoms with van der Waals surface area (Å²) in [6, 6.07) is 13.2. The summed E-state index contributed by atoms with van der Waals surface area (Å²) >= 11 is 0. The number of piperazine rings is 1. The van der Waals surface area contributed by atoms with Gasteiger partial charge in [-0.1, -0.05) is 18.2 Å². The maximum atomic E-state index is 13.3. The number of hydrazone groups is 1. The van der Waals surface area contributed by atoms with Gasteiger partial charge in [0.1, 0.15) is 23.1 Å². The molecule has 4 heterocycles. The second-order valence-electron chi connectivity index (χ2n) is 8.39. The second-order valence-corrected chi connectivity index (χ2v) is 8.39. The summed E-state index contributed by atoms with van der Waals surface area (Å²) in [5, 5.41) is 9.87. The number of hydrogen-bond acceptors (Lipinski definition) is 7. The van der Waals surface area contributed by atoms with Gasteiger partial charge in [0.05, 0.1) is 19.4 Å². The van der Waals surface area contributed by atoms with Gasteiger partial charge < -0.3 is 14.2 Å². The number of furan rings is 2. The van der Waals surface area contributed by atoms with Gasteiger partial charge in [0, 0.05) is 45.0 Å². The standard InChI is InChI=1S/C24H27N5O4/c1-25-23(30)15-27-8-10-28(11-9-27)16-24(31)29-19(21-7-4-12-32-21)14-18(26-29)22-13-17-5-2-3-6-20(17)33-22/h2-7,12-13,19H,8-11,14-16H2,1H3,(H,25,30). The first-order valence-corrected chi connectivity index (χ1v) is 11.2. The van der Waals surface area contributed by atoms with Crippen molar-refractivity contribution in [3.8, 4) is 0 Å². The summed E-state index contributed by atoms with van der Waals surface area (Å²) in [4.78, 5) is 29.1. The van der Waals surface area contributed by atoms with Crippen molar-refractivity contribution in [1.82, 2.24) is 20.1 Å². The number of nitrogens with one attached hydrogen (secondary N) is 1. The van der Waals surface area contributed by atoms with Crippen LogP contribution in [0.3, 0.4) is 0 Å². The first-order chi connectivity index (χ1) is 16.1. The normalized spacial score (nSPS) is 19.7. The fourth-order valence-electron chi connectivity index (χ4n) is 4.37. The van der Waals surface area contributed by atoms with E-state index < -0.39 is 0 Å². The van der Waals surface area contributed by atoms with Crippen LogP contribution in [0.15, 0.2) is 62.7 Å². The molecule has 1 saturated heterocycles. The van der Waals surface area contributed by atoms with E-state index in [0.29, 0.717) is 24.5 Å². The van der Waals surface area contributed by atoms with Crippen LogP contribution >= 0.6 is 0 Å². The molecule has 2 aliphatic rings. The molecule has 5 rings (SSSR count).